The molecular weight excluding hydrogens is 349 g/mol. The maximum absolute atomic E-state index is 13.7. The molecule has 130 valence electrons. The molecule has 2 aromatic rings. The molecule has 8 heteroatoms. The molecule has 0 aliphatic carbocycles. The summed E-state index contributed by atoms with van der Waals surface area (Å²) in [5.74, 6) is -0.409. The van der Waals surface area contributed by atoms with E-state index in [1.54, 1.807) is 19.1 Å². The summed E-state index contributed by atoms with van der Waals surface area (Å²) >= 11 is 5.08. The number of hydrogen-bond donors (Lipinski definition) is 3. The highest BCUT2D eigenvalue weighted by molar-refractivity contribution is 7.89. The van der Waals surface area contributed by atoms with Crippen LogP contribution in [0.1, 0.15) is 19.4 Å². The molecule has 0 amide bonds. The first-order chi connectivity index (χ1) is 11.3. The molecule has 2 aromatic carbocycles. The fourth-order valence-electron chi connectivity index (χ4n) is 1.73. The minimum atomic E-state index is -3.73. The van der Waals surface area contributed by atoms with Gasteiger partial charge in [0, 0.05) is 5.69 Å². The van der Waals surface area contributed by atoms with E-state index in [2.05, 4.69) is 10.6 Å². The molecule has 0 saturated carbocycles. The zero-order chi connectivity index (χ0) is 18.3. The molecule has 0 fully saturated rings. The predicted octanol–water partition coefficient (Wildman–Crippen LogP) is 3.62. The monoisotopic (exact) mass is 369 g/mol. The minimum absolute atomic E-state index is 0.00139. The number of aryl methyl sites for hydroxylation is 1. The van der Waals surface area contributed by atoms with Crippen molar-refractivity contribution in [2.24, 2.45) is 5.14 Å². The molecule has 0 unspecified atom stereocenters. The van der Waals surface area contributed by atoms with Gasteiger partial charge in [0.1, 0.15) is 5.82 Å². The summed E-state index contributed by atoms with van der Waals surface area (Å²) in [6.07, 6.45) is 0. The first-order valence-electron chi connectivity index (χ1n) is 7.23. The van der Waals surface area contributed by atoms with Crippen LogP contribution in [0.3, 0.4) is 0 Å². The average molecular weight is 369 g/mol. The predicted molar refractivity (Wildman–Crippen MR) is 100 cm³/mol. The lowest BCUT2D eigenvalue weighted by molar-refractivity contribution is 0.598. The van der Waals surface area contributed by atoms with Crippen LogP contribution in [0.4, 0.5) is 15.8 Å². The van der Waals surface area contributed by atoms with Crippen molar-refractivity contribution in [1.29, 1.82) is 0 Å². The van der Waals surface area contributed by atoms with E-state index in [4.69, 9.17) is 17.4 Å². The lowest BCUT2D eigenvalue weighted by atomic mass is 10.2. The highest BCUT2D eigenvalue weighted by Gasteiger charge is 2.08. The van der Waals surface area contributed by atoms with E-state index in [0.717, 1.165) is 5.56 Å². The summed E-state index contributed by atoms with van der Waals surface area (Å²) in [6, 6.07) is 10.5. The van der Waals surface area contributed by atoms with Gasteiger partial charge >= 0.3 is 0 Å². The van der Waals surface area contributed by atoms with Crippen molar-refractivity contribution < 1.29 is 12.8 Å². The Balaban J connectivity index is 0.00000139. The molecule has 0 radical (unpaired) electrons. The van der Waals surface area contributed by atoms with Crippen molar-refractivity contribution in [3.05, 3.63) is 53.8 Å². The number of primary sulfonamides is 1. The van der Waals surface area contributed by atoms with Gasteiger partial charge in [0.2, 0.25) is 10.0 Å². The van der Waals surface area contributed by atoms with Crippen molar-refractivity contribution in [2.45, 2.75) is 25.7 Å². The summed E-state index contributed by atoms with van der Waals surface area (Å²) in [5, 5.41) is 10.8. The van der Waals surface area contributed by atoms with Crippen LogP contribution < -0.4 is 15.8 Å². The molecule has 0 heterocycles. The summed E-state index contributed by atoms with van der Waals surface area (Å²) in [7, 11) is -3.73. The first-order valence-corrected chi connectivity index (χ1v) is 9.18. The second-order valence-electron chi connectivity index (χ2n) is 4.63. The number of nitrogens with one attached hydrogen (secondary N) is 2. The molecule has 0 atom stereocenters. The van der Waals surface area contributed by atoms with Gasteiger partial charge in [-0.15, -0.1) is 0 Å². The number of thiocarbonyl (C=S) groups is 1. The number of hydrogen-bond acceptors (Lipinski definition) is 3. The molecule has 0 bridgehead atoms. The lowest BCUT2D eigenvalue weighted by Crippen LogP contribution is -2.20. The Bertz CT molecular complexity index is 807. The van der Waals surface area contributed by atoms with Crippen molar-refractivity contribution in [2.75, 3.05) is 10.6 Å². The maximum Gasteiger partial charge on any atom is 0.238 e. The largest absolute Gasteiger partial charge is 0.332 e. The molecule has 4 N–H and O–H groups in total. The quantitative estimate of drug-likeness (QED) is 0.720. The zero-order valence-electron chi connectivity index (χ0n) is 13.6. The van der Waals surface area contributed by atoms with Crippen LogP contribution >= 0.6 is 12.2 Å². The van der Waals surface area contributed by atoms with Crippen LogP contribution in [0.25, 0.3) is 0 Å². The number of benzene rings is 2. The molecule has 0 spiro atoms. The highest BCUT2D eigenvalue weighted by Crippen LogP contribution is 2.17. The topological polar surface area (TPSA) is 84.2 Å². The van der Waals surface area contributed by atoms with Gasteiger partial charge in [-0.05, 0) is 61.1 Å². The zero-order valence-corrected chi connectivity index (χ0v) is 15.3. The Hall–Kier alpha value is -2.03. The van der Waals surface area contributed by atoms with E-state index in [0.29, 0.717) is 5.69 Å². The smallest absolute Gasteiger partial charge is 0.238 e. The van der Waals surface area contributed by atoms with Crippen LogP contribution in [0.15, 0.2) is 47.4 Å². The second kappa shape index (κ2) is 8.72. The van der Waals surface area contributed by atoms with Crippen molar-refractivity contribution in [3.63, 3.8) is 0 Å². The van der Waals surface area contributed by atoms with E-state index in [9.17, 15) is 12.8 Å². The summed E-state index contributed by atoms with van der Waals surface area (Å²) in [4.78, 5) is 0.00139. The third-order valence-corrected chi connectivity index (χ3v) is 3.95. The third kappa shape index (κ3) is 5.88. The van der Waals surface area contributed by atoms with E-state index in [1.807, 2.05) is 13.8 Å². The van der Waals surface area contributed by atoms with Gasteiger partial charge in [0.05, 0.1) is 10.6 Å². The fraction of sp³-hybridized carbons (Fsp3) is 0.188. The van der Waals surface area contributed by atoms with Crippen LogP contribution in [-0.4, -0.2) is 13.5 Å². The van der Waals surface area contributed by atoms with Crippen LogP contribution in [0, 0.1) is 12.7 Å². The van der Waals surface area contributed by atoms with Gasteiger partial charge in [-0.2, -0.15) is 0 Å². The standard InChI is InChI=1S/C14H14FN3O2S2.C2H6/c1-9-2-7-13(12(15)8-9)18-14(21)17-10-3-5-11(6-4-10)22(16,19)20;1-2/h2-8H,1H3,(H2,16,19,20)(H2,17,18,21);1-2H3. The fourth-order valence-corrected chi connectivity index (χ4v) is 2.48. The Morgan fingerprint density at radius 3 is 2.17 bits per heavy atom. The second-order valence-corrected chi connectivity index (χ2v) is 6.60. The van der Waals surface area contributed by atoms with E-state index in [-0.39, 0.29) is 15.7 Å². The molecule has 2 rings (SSSR count). The van der Waals surface area contributed by atoms with E-state index in [1.165, 1.54) is 30.3 Å². The molecule has 0 aliphatic heterocycles. The normalized spacial score (nSPS) is 10.4. The maximum atomic E-state index is 13.7. The Morgan fingerprint density at radius 2 is 1.67 bits per heavy atom. The van der Waals surface area contributed by atoms with Gasteiger partial charge < -0.3 is 10.6 Å². The van der Waals surface area contributed by atoms with E-state index < -0.39 is 15.8 Å². The molecule has 5 nitrogen and oxygen atoms in total. The number of halogens is 1. The summed E-state index contributed by atoms with van der Waals surface area (Å²) in [6.45, 7) is 5.79. The lowest BCUT2D eigenvalue weighted by Gasteiger charge is -2.11. The van der Waals surface area contributed by atoms with Crippen LogP contribution in [-0.2, 0) is 10.0 Å². The molecular formula is C16H20FN3O2S2. The van der Waals surface area contributed by atoms with Gasteiger partial charge in [-0.25, -0.2) is 17.9 Å². The molecule has 24 heavy (non-hydrogen) atoms. The Labute approximate surface area is 147 Å². The van der Waals surface area contributed by atoms with E-state index >= 15 is 0 Å². The number of sulfonamides is 1. The average Bonchev–Trinajstić information content (AvgIpc) is 2.52. The Morgan fingerprint density at radius 1 is 1.08 bits per heavy atom. The van der Waals surface area contributed by atoms with Crippen LogP contribution in [0.5, 0.6) is 0 Å². The number of rotatable bonds is 3. The van der Waals surface area contributed by atoms with Crippen LogP contribution in [0.2, 0.25) is 0 Å². The Kier molecular flexibility index (Phi) is 7.27. The van der Waals surface area contributed by atoms with Gasteiger partial charge in [-0.3, -0.25) is 0 Å². The van der Waals surface area contributed by atoms with Crippen molar-refractivity contribution in [3.8, 4) is 0 Å². The first kappa shape index (κ1) is 20.0. The third-order valence-electron chi connectivity index (χ3n) is 2.81. The molecule has 0 saturated heterocycles. The van der Waals surface area contributed by atoms with Crippen molar-refractivity contribution in [1.82, 2.24) is 0 Å². The highest BCUT2D eigenvalue weighted by atomic mass is 32.2. The molecule has 0 aliphatic rings. The van der Waals surface area contributed by atoms with Gasteiger partial charge in [0.25, 0.3) is 0 Å². The molecule has 0 aromatic heterocycles. The van der Waals surface area contributed by atoms with Crippen molar-refractivity contribution >= 4 is 38.7 Å². The SMILES string of the molecule is CC.Cc1ccc(NC(=S)Nc2ccc(S(N)(=O)=O)cc2)c(F)c1. The minimum Gasteiger partial charge on any atom is -0.332 e. The number of nitrogens with two attached hydrogens (primary N) is 1. The van der Waals surface area contributed by atoms with Gasteiger partial charge in [-0.1, -0.05) is 19.9 Å². The summed E-state index contributed by atoms with van der Waals surface area (Å²) < 4.78 is 36.0. The van der Waals surface area contributed by atoms with Gasteiger partial charge in [0.15, 0.2) is 5.11 Å². The summed E-state index contributed by atoms with van der Waals surface area (Å²) in [5.41, 5.74) is 1.61. The number of anilines is 2.